The lowest BCUT2D eigenvalue weighted by molar-refractivity contribution is 0.660. The van der Waals surface area contributed by atoms with E-state index in [1.807, 2.05) is 0 Å². The maximum absolute atomic E-state index is 2.51. The minimum absolute atomic E-state index is 0.0827. The van der Waals surface area contributed by atoms with Crippen molar-refractivity contribution in [2.45, 2.75) is 38.5 Å². The normalized spacial score (nSPS) is 15.0. The smallest absolute Gasteiger partial charge is 0.0546 e. The van der Waals surface area contributed by atoms with E-state index in [9.17, 15) is 0 Å². The van der Waals surface area contributed by atoms with Crippen molar-refractivity contribution in [3.05, 3.63) is 162 Å². The van der Waals surface area contributed by atoms with E-state index >= 15 is 0 Å². The number of hydrogen-bond donors (Lipinski definition) is 0. The molecule has 0 saturated heterocycles. The number of anilines is 3. The van der Waals surface area contributed by atoms with Gasteiger partial charge >= 0.3 is 0 Å². The van der Waals surface area contributed by atoms with Crippen LogP contribution in [0.5, 0.6) is 0 Å². The minimum atomic E-state index is -0.0827. The molecule has 7 aromatic rings. The Balaban J connectivity index is 1.33. The summed E-state index contributed by atoms with van der Waals surface area (Å²) in [5.41, 5.74) is 14.3. The Hall–Kier alpha value is -5.14. The van der Waals surface area contributed by atoms with Crippen LogP contribution >= 0.6 is 0 Å². The van der Waals surface area contributed by atoms with Gasteiger partial charge in [0, 0.05) is 27.6 Å². The monoisotopic (exact) mass is 577 g/mol. The summed E-state index contributed by atoms with van der Waals surface area (Å²) in [4.78, 5) is 2.51. The van der Waals surface area contributed by atoms with E-state index in [2.05, 4.69) is 172 Å². The molecular formula is C44H35N. The molecule has 0 aromatic heterocycles. The first kappa shape index (κ1) is 26.3. The number of rotatable bonds is 3. The van der Waals surface area contributed by atoms with E-state index in [0.717, 1.165) is 0 Å². The molecule has 0 spiro atoms. The fourth-order valence-electron chi connectivity index (χ4n) is 8.31. The molecule has 0 amide bonds. The fourth-order valence-corrected chi connectivity index (χ4v) is 8.31. The predicted molar refractivity (Wildman–Crippen MR) is 191 cm³/mol. The molecule has 2 aliphatic carbocycles. The van der Waals surface area contributed by atoms with Gasteiger partial charge in [-0.2, -0.15) is 0 Å². The lowest BCUT2D eigenvalue weighted by atomic mass is 9.82. The third-order valence-electron chi connectivity index (χ3n) is 10.6. The van der Waals surface area contributed by atoms with Gasteiger partial charge in [-0.15, -0.1) is 0 Å². The van der Waals surface area contributed by atoms with Gasteiger partial charge in [0.15, 0.2) is 0 Å². The summed E-state index contributed by atoms with van der Waals surface area (Å²) < 4.78 is 0. The predicted octanol–water partition coefficient (Wildman–Crippen LogP) is 12.1. The molecule has 2 aliphatic rings. The topological polar surface area (TPSA) is 3.24 Å². The Morgan fingerprint density at radius 1 is 0.378 bits per heavy atom. The van der Waals surface area contributed by atoms with Crippen LogP contribution in [0.15, 0.2) is 140 Å². The number of benzene rings is 7. The third kappa shape index (κ3) is 3.61. The maximum Gasteiger partial charge on any atom is 0.0546 e. The van der Waals surface area contributed by atoms with Crippen molar-refractivity contribution in [3.63, 3.8) is 0 Å². The standard InChI is InChI=1S/C44H35N/c1-43(2)38-19-11-9-16-33(38)35-23-21-29(26-40(35)43)45(42-25-28-13-5-6-14-31(28)32-15-7-8-18-37(32)42)30-22-24-36-34-17-10-12-20-39(34)44(3,4)41(36)27-30/h5-27H,1-4H3. The molecule has 45 heavy (non-hydrogen) atoms. The summed E-state index contributed by atoms with van der Waals surface area (Å²) >= 11 is 0. The Kier molecular flexibility index (Phi) is 5.37. The number of nitrogens with zero attached hydrogens (tertiary/aromatic N) is 1. The van der Waals surface area contributed by atoms with E-state index in [0.29, 0.717) is 0 Å². The highest BCUT2D eigenvalue weighted by Gasteiger charge is 2.37. The quantitative estimate of drug-likeness (QED) is 0.189. The average Bonchev–Trinajstić information content (AvgIpc) is 3.44. The van der Waals surface area contributed by atoms with Crippen LogP contribution in [-0.2, 0) is 10.8 Å². The first-order valence-corrected chi connectivity index (χ1v) is 16.0. The highest BCUT2D eigenvalue weighted by Crippen LogP contribution is 2.53. The molecule has 0 radical (unpaired) electrons. The Morgan fingerprint density at radius 3 is 1.40 bits per heavy atom. The molecule has 0 atom stereocenters. The van der Waals surface area contributed by atoms with E-state index < -0.39 is 0 Å². The molecule has 0 aliphatic heterocycles. The Morgan fingerprint density at radius 2 is 0.822 bits per heavy atom. The van der Waals surface area contributed by atoms with Crippen molar-refractivity contribution in [3.8, 4) is 22.3 Å². The molecule has 1 nitrogen and oxygen atoms in total. The van der Waals surface area contributed by atoms with Gasteiger partial charge in [0.1, 0.15) is 0 Å². The zero-order valence-corrected chi connectivity index (χ0v) is 26.2. The zero-order valence-electron chi connectivity index (χ0n) is 26.2. The molecule has 0 saturated carbocycles. The summed E-state index contributed by atoms with van der Waals surface area (Å²) in [6.45, 7) is 9.47. The van der Waals surface area contributed by atoms with Crippen molar-refractivity contribution in [1.29, 1.82) is 0 Å². The molecule has 9 rings (SSSR count). The molecule has 7 aromatic carbocycles. The van der Waals surface area contributed by atoms with Crippen LogP contribution in [0.4, 0.5) is 17.1 Å². The molecule has 0 bridgehead atoms. The number of fused-ring (bicyclic) bond motifs is 9. The zero-order chi connectivity index (χ0) is 30.5. The van der Waals surface area contributed by atoms with Crippen LogP contribution in [0.3, 0.4) is 0 Å². The molecule has 1 heteroatoms. The summed E-state index contributed by atoms with van der Waals surface area (Å²) in [5, 5.41) is 5.06. The first-order chi connectivity index (χ1) is 21.8. The average molecular weight is 578 g/mol. The van der Waals surface area contributed by atoms with Crippen molar-refractivity contribution in [2.75, 3.05) is 4.90 Å². The number of hydrogen-bond acceptors (Lipinski definition) is 1. The van der Waals surface area contributed by atoms with Crippen molar-refractivity contribution in [2.24, 2.45) is 0 Å². The van der Waals surface area contributed by atoms with Crippen LogP contribution in [0.2, 0.25) is 0 Å². The lowest BCUT2D eigenvalue weighted by Crippen LogP contribution is -2.18. The van der Waals surface area contributed by atoms with Gasteiger partial charge in [0.2, 0.25) is 0 Å². The van der Waals surface area contributed by atoms with Gasteiger partial charge < -0.3 is 4.90 Å². The van der Waals surface area contributed by atoms with Gasteiger partial charge in [-0.25, -0.2) is 0 Å². The maximum atomic E-state index is 2.51. The minimum Gasteiger partial charge on any atom is -0.310 e. The van der Waals surface area contributed by atoms with E-state index in [1.54, 1.807) is 0 Å². The van der Waals surface area contributed by atoms with Crippen molar-refractivity contribution >= 4 is 38.6 Å². The van der Waals surface area contributed by atoms with E-state index in [-0.39, 0.29) is 10.8 Å². The van der Waals surface area contributed by atoms with Crippen molar-refractivity contribution in [1.82, 2.24) is 0 Å². The molecule has 0 heterocycles. The second-order valence-electron chi connectivity index (χ2n) is 13.8. The third-order valence-corrected chi connectivity index (χ3v) is 10.6. The van der Waals surface area contributed by atoms with Gasteiger partial charge in [0.05, 0.1) is 5.69 Å². The second-order valence-corrected chi connectivity index (χ2v) is 13.8. The Labute approximate surface area is 265 Å². The van der Waals surface area contributed by atoms with Gasteiger partial charge in [0.25, 0.3) is 0 Å². The van der Waals surface area contributed by atoms with Crippen LogP contribution < -0.4 is 4.90 Å². The second kappa shape index (κ2) is 9.19. The highest BCUT2D eigenvalue weighted by molar-refractivity contribution is 6.14. The van der Waals surface area contributed by atoms with Crippen molar-refractivity contribution < 1.29 is 0 Å². The van der Waals surface area contributed by atoms with Crippen LogP contribution in [0.1, 0.15) is 49.9 Å². The largest absolute Gasteiger partial charge is 0.310 e. The molecule has 0 N–H and O–H groups in total. The fraction of sp³-hybridized carbons (Fsp3) is 0.136. The lowest BCUT2D eigenvalue weighted by Gasteiger charge is -2.31. The van der Waals surface area contributed by atoms with Gasteiger partial charge in [-0.05, 0) is 91.0 Å². The summed E-state index contributed by atoms with van der Waals surface area (Å²) in [5.74, 6) is 0. The van der Waals surface area contributed by atoms with E-state index in [4.69, 9.17) is 0 Å². The molecule has 216 valence electrons. The summed E-state index contributed by atoms with van der Waals surface area (Å²) in [6, 6.07) is 52.1. The molecule has 0 fully saturated rings. The van der Waals surface area contributed by atoms with E-state index in [1.165, 1.54) is 83.1 Å². The summed E-state index contributed by atoms with van der Waals surface area (Å²) in [6.07, 6.45) is 0. The van der Waals surface area contributed by atoms with Gasteiger partial charge in [-0.3, -0.25) is 0 Å². The Bertz CT molecular complexity index is 2230. The van der Waals surface area contributed by atoms with Crippen LogP contribution in [-0.4, -0.2) is 0 Å². The SMILES string of the molecule is CC1(C)c2ccccc2-c2ccc(N(c3ccc4c(c3)C(C)(C)c3ccccc3-4)c3cc4ccccc4c4ccccc34)cc21. The molecule has 0 unspecified atom stereocenters. The first-order valence-electron chi connectivity index (χ1n) is 16.0. The van der Waals surface area contributed by atoms with Crippen LogP contribution in [0, 0.1) is 0 Å². The van der Waals surface area contributed by atoms with Crippen LogP contribution in [0.25, 0.3) is 43.8 Å². The highest BCUT2D eigenvalue weighted by atomic mass is 15.1. The summed E-state index contributed by atoms with van der Waals surface area (Å²) in [7, 11) is 0. The van der Waals surface area contributed by atoms with Gasteiger partial charge in [-0.1, -0.05) is 137 Å². The molecular weight excluding hydrogens is 542 g/mol.